The monoisotopic (exact) mass is 322 g/mol. The second-order valence-electron chi connectivity index (χ2n) is 6.43. The van der Waals surface area contributed by atoms with Crippen molar-refractivity contribution in [3.05, 3.63) is 16.1 Å². The highest BCUT2D eigenvalue weighted by molar-refractivity contribution is 7.09. The average Bonchev–Trinajstić information content (AvgIpc) is 3.05. The molecule has 2 heterocycles. The van der Waals surface area contributed by atoms with E-state index in [2.05, 4.69) is 10.7 Å². The van der Waals surface area contributed by atoms with Crippen molar-refractivity contribution in [2.75, 3.05) is 19.8 Å². The molecule has 0 bridgehead atoms. The minimum Gasteiger partial charge on any atom is -0.381 e. The van der Waals surface area contributed by atoms with Crippen LogP contribution >= 0.6 is 11.3 Å². The third-order valence-corrected chi connectivity index (χ3v) is 5.75. The van der Waals surface area contributed by atoms with E-state index in [0.717, 1.165) is 37.5 Å². The molecule has 1 aliphatic carbocycles. The number of hydrogen-bond donors (Lipinski definition) is 1. The SMILES string of the molecule is O=C(NCCc1nc(C2CCCCC2)cs1)C1CCOCC1. The molecule has 0 radical (unpaired) electrons. The van der Waals surface area contributed by atoms with E-state index in [1.165, 1.54) is 37.8 Å². The van der Waals surface area contributed by atoms with Gasteiger partial charge in [-0.15, -0.1) is 11.3 Å². The van der Waals surface area contributed by atoms with Gasteiger partial charge in [0.1, 0.15) is 0 Å². The van der Waals surface area contributed by atoms with E-state index in [0.29, 0.717) is 12.5 Å². The zero-order chi connectivity index (χ0) is 15.2. The van der Waals surface area contributed by atoms with Crippen LogP contribution in [-0.4, -0.2) is 30.6 Å². The lowest BCUT2D eigenvalue weighted by Gasteiger charge is -2.21. The molecule has 0 aromatic carbocycles. The normalized spacial score (nSPS) is 20.9. The number of amides is 1. The van der Waals surface area contributed by atoms with Gasteiger partial charge >= 0.3 is 0 Å². The molecule has 3 rings (SSSR count). The number of aromatic nitrogens is 1. The summed E-state index contributed by atoms with van der Waals surface area (Å²) in [6.45, 7) is 2.14. The zero-order valence-electron chi connectivity index (χ0n) is 13.2. The van der Waals surface area contributed by atoms with Crippen molar-refractivity contribution in [2.24, 2.45) is 5.92 Å². The van der Waals surface area contributed by atoms with Crippen LogP contribution in [0.15, 0.2) is 5.38 Å². The molecule has 1 aliphatic heterocycles. The Kier molecular flexibility index (Phi) is 5.84. The van der Waals surface area contributed by atoms with Gasteiger partial charge in [0, 0.05) is 43.4 Å². The Balaban J connectivity index is 1.41. The fraction of sp³-hybridized carbons (Fsp3) is 0.765. The molecular weight excluding hydrogens is 296 g/mol. The second kappa shape index (κ2) is 8.06. The molecule has 1 N–H and O–H groups in total. The maximum atomic E-state index is 12.1. The number of nitrogens with zero attached hydrogens (tertiary/aromatic N) is 1. The van der Waals surface area contributed by atoms with Gasteiger partial charge in [-0.25, -0.2) is 4.98 Å². The van der Waals surface area contributed by atoms with Gasteiger partial charge in [-0.1, -0.05) is 19.3 Å². The van der Waals surface area contributed by atoms with Crippen LogP contribution in [0.4, 0.5) is 0 Å². The lowest BCUT2D eigenvalue weighted by atomic mass is 9.87. The van der Waals surface area contributed by atoms with E-state index in [-0.39, 0.29) is 11.8 Å². The first-order valence-electron chi connectivity index (χ1n) is 8.62. The number of carbonyl (C=O) groups is 1. The van der Waals surface area contributed by atoms with Gasteiger partial charge in [0.2, 0.25) is 5.91 Å². The molecule has 0 spiro atoms. The maximum absolute atomic E-state index is 12.1. The van der Waals surface area contributed by atoms with E-state index in [1.54, 1.807) is 11.3 Å². The molecule has 22 heavy (non-hydrogen) atoms. The summed E-state index contributed by atoms with van der Waals surface area (Å²) in [5.74, 6) is 1.01. The molecule has 1 aromatic heterocycles. The lowest BCUT2D eigenvalue weighted by molar-refractivity contribution is -0.127. The molecule has 0 atom stereocenters. The molecule has 2 fully saturated rings. The lowest BCUT2D eigenvalue weighted by Crippen LogP contribution is -2.35. The Morgan fingerprint density at radius 2 is 2.00 bits per heavy atom. The van der Waals surface area contributed by atoms with Crippen LogP contribution in [0.25, 0.3) is 0 Å². The van der Waals surface area contributed by atoms with Crippen LogP contribution in [0.3, 0.4) is 0 Å². The molecular formula is C17H26N2O2S. The highest BCUT2D eigenvalue weighted by Crippen LogP contribution is 2.33. The minimum atomic E-state index is 0.142. The van der Waals surface area contributed by atoms with Crippen molar-refractivity contribution >= 4 is 17.2 Å². The Labute approximate surface area is 136 Å². The summed E-state index contributed by atoms with van der Waals surface area (Å²) in [7, 11) is 0. The van der Waals surface area contributed by atoms with Crippen molar-refractivity contribution in [1.29, 1.82) is 0 Å². The first-order valence-corrected chi connectivity index (χ1v) is 9.50. The highest BCUT2D eigenvalue weighted by Gasteiger charge is 2.21. The van der Waals surface area contributed by atoms with E-state index >= 15 is 0 Å². The first-order chi connectivity index (χ1) is 10.8. The van der Waals surface area contributed by atoms with Crippen LogP contribution in [0.2, 0.25) is 0 Å². The standard InChI is InChI=1S/C17H26N2O2S/c20-17(14-7-10-21-11-8-14)18-9-6-16-19-15(12-22-16)13-4-2-1-3-5-13/h12-14H,1-11H2,(H,18,20). The summed E-state index contributed by atoms with van der Waals surface area (Å²) in [6, 6.07) is 0. The largest absolute Gasteiger partial charge is 0.381 e. The third kappa shape index (κ3) is 4.29. The van der Waals surface area contributed by atoms with Crippen LogP contribution in [-0.2, 0) is 16.0 Å². The highest BCUT2D eigenvalue weighted by atomic mass is 32.1. The molecule has 1 amide bonds. The number of hydrogen-bond acceptors (Lipinski definition) is 4. The van der Waals surface area contributed by atoms with Crippen LogP contribution in [0.1, 0.15) is 61.6 Å². The number of rotatable bonds is 5. The predicted molar refractivity (Wildman–Crippen MR) is 88.2 cm³/mol. The molecule has 1 saturated heterocycles. The predicted octanol–water partition coefficient (Wildman–Crippen LogP) is 3.28. The van der Waals surface area contributed by atoms with Crippen LogP contribution in [0.5, 0.6) is 0 Å². The van der Waals surface area contributed by atoms with E-state index < -0.39 is 0 Å². The maximum Gasteiger partial charge on any atom is 0.223 e. The summed E-state index contributed by atoms with van der Waals surface area (Å²) >= 11 is 1.75. The molecule has 2 aliphatic rings. The van der Waals surface area contributed by atoms with E-state index in [1.807, 2.05) is 0 Å². The van der Waals surface area contributed by atoms with Gasteiger partial charge in [-0.05, 0) is 25.7 Å². The fourth-order valence-corrected chi connectivity index (χ4v) is 4.30. The number of nitrogens with one attached hydrogen (secondary N) is 1. The van der Waals surface area contributed by atoms with Gasteiger partial charge in [0.05, 0.1) is 10.7 Å². The van der Waals surface area contributed by atoms with E-state index in [9.17, 15) is 4.79 Å². The summed E-state index contributed by atoms with van der Waals surface area (Å²) in [6.07, 6.45) is 9.23. The van der Waals surface area contributed by atoms with Crippen LogP contribution < -0.4 is 5.32 Å². The summed E-state index contributed by atoms with van der Waals surface area (Å²) in [4.78, 5) is 16.8. The topological polar surface area (TPSA) is 51.2 Å². The smallest absolute Gasteiger partial charge is 0.223 e. The molecule has 1 aromatic rings. The summed E-state index contributed by atoms with van der Waals surface area (Å²) in [5, 5.41) is 6.45. The second-order valence-corrected chi connectivity index (χ2v) is 7.37. The molecule has 4 nitrogen and oxygen atoms in total. The Morgan fingerprint density at radius 3 is 2.77 bits per heavy atom. The quantitative estimate of drug-likeness (QED) is 0.905. The van der Waals surface area contributed by atoms with Crippen molar-refractivity contribution < 1.29 is 9.53 Å². The molecule has 122 valence electrons. The van der Waals surface area contributed by atoms with Crippen LogP contribution in [0, 0.1) is 5.92 Å². The van der Waals surface area contributed by atoms with E-state index in [4.69, 9.17) is 9.72 Å². The third-order valence-electron chi connectivity index (χ3n) is 4.82. The Bertz CT molecular complexity index is 477. The first kappa shape index (κ1) is 15.9. The Hall–Kier alpha value is -0.940. The molecule has 1 saturated carbocycles. The molecule has 5 heteroatoms. The fourth-order valence-electron chi connectivity index (χ4n) is 3.42. The van der Waals surface area contributed by atoms with Gasteiger partial charge in [-0.3, -0.25) is 4.79 Å². The van der Waals surface area contributed by atoms with Gasteiger partial charge < -0.3 is 10.1 Å². The Morgan fingerprint density at radius 1 is 1.23 bits per heavy atom. The average molecular weight is 322 g/mol. The zero-order valence-corrected chi connectivity index (χ0v) is 14.0. The van der Waals surface area contributed by atoms with Gasteiger partial charge in [-0.2, -0.15) is 0 Å². The number of thiazole rings is 1. The van der Waals surface area contributed by atoms with Crippen molar-refractivity contribution in [3.8, 4) is 0 Å². The summed E-state index contributed by atoms with van der Waals surface area (Å²) in [5.41, 5.74) is 1.29. The number of carbonyl (C=O) groups excluding carboxylic acids is 1. The minimum absolute atomic E-state index is 0.142. The van der Waals surface area contributed by atoms with Crippen molar-refractivity contribution in [1.82, 2.24) is 10.3 Å². The van der Waals surface area contributed by atoms with Gasteiger partial charge in [0.25, 0.3) is 0 Å². The van der Waals surface area contributed by atoms with Crippen molar-refractivity contribution in [2.45, 2.75) is 57.3 Å². The summed E-state index contributed by atoms with van der Waals surface area (Å²) < 4.78 is 5.30. The molecule has 0 unspecified atom stereocenters. The van der Waals surface area contributed by atoms with Gasteiger partial charge in [0.15, 0.2) is 0 Å². The number of ether oxygens (including phenoxy) is 1. The van der Waals surface area contributed by atoms with Crippen molar-refractivity contribution in [3.63, 3.8) is 0 Å².